The van der Waals surface area contributed by atoms with E-state index in [1.807, 2.05) is 37.4 Å². The van der Waals surface area contributed by atoms with Crippen LogP contribution in [0.4, 0.5) is 14.5 Å². The molecule has 54 heavy (non-hydrogen) atoms. The van der Waals surface area contributed by atoms with Crippen molar-refractivity contribution in [3.8, 4) is 5.75 Å². The molecule has 2 aromatic carbocycles. The predicted octanol–water partition coefficient (Wildman–Crippen LogP) is 4.72. The lowest BCUT2D eigenvalue weighted by Crippen LogP contribution is -2.69. The third-order valence-corrected chi connectivity index (χ3v) is 13.7. The number of ether oxygens (including phenoxy) is 3. The topological polar surface area (TPSA) is 108 Å². The van der Waals surface area contributed by atoms with Gasteiger partial charge in [-0.25, -0.2) is 8.78 Å². The van der Waals surface area contributed by atoms with Gasteiger partial charge in [-0.1, -0.05) is 36.4 Å². The first kappa shape index (κ1) is 35.4. The van der Waals surface area contributed by atoms with Gasteiger partial charge >= 0.3 is 11.9 Å². The summed E-state index contributed by atoms with van der Waals surface area (Å²) in [6, 6.07) is 11.5. The van der Waals surface area contributed by atoms with Crippen molar-refractivity contribution < 1.29 is 37.7 Å². The molecule has 10 nitrogen and oxygen atoms in total. The number of aliphatic hydroxyl groups is 1. The molecular weight excluding hydrogens is 694 g/mol. The number of aliphatic hydroxyl groups excluding tert-OH is 1. The molecule has 6 aliphatic rings. The van der Waals surface area contributed by atoms with Gasteiger partial charge in [0.2, 0.25) is 0 Å². The van der Waals surface area contributed by atoms with E-state index in [2.05, 4.69) is 37.9 Å². The predicted molar refractivity (Wildman–Crippen MR) is 199 cm³/mol. The van der Waals surface area contributed by atoms with Gasteiger partial charge in [0.25, 0.3) is 5.92 Å². The average molecular weight is 743 g/mol. The number of para-hydroxylation sites is 1. The van der Waals surface area contributed by atoms with Crippen molar-refractivity contribution in [3.63, 3.8) is 0 Å². The number of likely N-dealkylation sites (N-methyl/N-ethyl adjacent to an activating group) is 1. The van der Waals surface area contributed by atoms with Gasteiger partial charge in [0, 0.05) is 104 Å². The van der Waals surface area contributed by atoms with Crippen molar-refractivity contribution in [2.75, 3.05) is 58.9 Å². The Hall–Kier alpha value is -4.26. The Kier molecular flexibility index (Phi) is 8.12. The average Bonchev–Trinajstić information content (AvgIpc) is 3.80. The van der Waals surface area contributed by atoms with Gasteiger partial charge < -0.3 is 29.2 Å². The maximum Gasteiger partial charge on any atom is 0.322 e. The fourth-order valence-electron chi connectivity index (χ4n) is 11.7. The van der Waals surface area contributed by atoms with Crippen molar-refractivity contribution in [2.24, 2.45) is 11.8 Å². The molecular formula is C42H48F2N4O6. The van der Waals surface area contributed by atoms with Crippen LogP contribution in [0.3, 0.4) is 0 Å². The fourth-order valence-corrected chi connectivity index (χ4v) is 11.7. The zero-order chi connectivity index (χ0) is 37.9. The highest BCUT2D eigenvalue weighted by Gasteiger charge is 2.69. The summed E-state index contributed by atoms with van der Waals surface area (Å²) in [5.41, 5.74) is 2.95. The second-order valence-electron chi connectivity index (χ2n) is 16.4. The van der Waals surface area contributed by atoms with E-state index in [4.69, 9.17) is 14.2 Å². The highest BCUT2D eigenvalue weighted by molar-refractivity contribution is 5.94. The van der Waals surface area contributed by atoms with Crippen LogP contribution in [-0.2, 0) is 36.3 Å². The maximum atomic E-state index is 15.1. The van der Waals surface area contributed by atoms with E-state index in [1.54, 1.807) is 13.2 Å². The molecule has 1 spiro atoms. The third kappa shape index (κ3) is 4.84. The van der Waals surface area contributed by atoms with Gasteiger partial charge in [-0.3, -0.25) is 19.4 Å². The third-order valence-electron chi connectivity index (χ3n) is 13.7. The number of fused-ring (bicyclic) bond motifs is 6. The minimum atomic E-state index is -3.02. The number of methoxy groups -OCH3 is 2. The molecule has 1 saturated carbocycles. The molecule has 0 amide bonds. The number of esters is 2. The number of carbonyl (C=O) groups excluding carboxylic acids is 2. The summed E-state index contributed by atoms with van der Waals surface area (Å²) in [4.78, 5) is 37.8. The Labute approximate surface area is 313 Å². The van der Waals surface area contributed by atoms with Gasteiger partial charge in [-0.15, -0.1) is 0 Å². The minimum absolute atomic E-state index is 0.0539. The van der Waals surface area contributed by atoms with Crippen LogP contribution in [0.1, 0.15) is 49.1 Å². The number of H-pyrrole nitrogens is 1. The molecule has 0 radical (unpaired) electrons. The van der Waals surface area contributed by atoms with E-state index in [0.29, 0.717) is 36.5 Å². The monoisotopic (exact) mass is 742 g/mol. The zero-order valence-corrected chi connectivity index (χ0v) is 31.4. The van der Waals surface area contributed by atoms with E-state index < -0.39 is 52.9 Å². The zero-order valence-electron chi connectivity index (χ0n) is 31.4. The highest BCUT2D eigenvalue weighted by atomic mass is 19.3. The van der Waals surface area contributed by atoms with Crippen molar-refractivity contribution in [1.29, 1.82) is 0 Å². The van der Waals surface area contributed by atoms with Crippen molar-refractivity contribution in [3.05, 3.63) is 82.6 Å². The molecule has 12 heteroatoms. The lowest BCUT2D eigenvalue weighted by molar-refractivity contribution is -0.166. The lowest BCUT2D eigenvalue weighted by Gasteiger charge is -2.54. The SMILES string of the molecule is COC(=O)[C@]1(c2cc3c(cc2OC)N(C)[C@H]2[C@H](O)[C@H](OC(C)=O)C4C=CCN5CC[C@]32C45)CC2C=C(C(C)(F)F)CN(CCc3c1[nH]c1ccccc31)C2. The van der Waals surface area contributed by atoms with Crippen LogP contribution in [0.15, 0.2) is 60.2 Å². The molecule has 9 atom stereocenters. The fraction of sp³-hybridized carbons (Fsp3) is 0.524. The Morgan fingerprint density at radius 1 is 1.09 bits per heavy atom. The highest BCUT2D eigenvalue weighted by Crippen LogP contribution is 2.62. The first-order valence-electron chi connectivity index (χ1n) is 19.0. The smallest absolute Gasteiger partial charge is 0.322 e. The van der Waals surface area contributed by atoms with Crippen LogP contribution < -0.4 is 9.64 Å². The van der Waals surface area contributed by atoms with Gasteiger partial charge in [-0.05, 0) is 55.0 Å². The Morgan fingerprint density at radius 3 is 2.63 bits per heavy atom. The first-order chi connectivity index (χ1) is 25.8. The molecule has 5 aliphatic heterocycles. The quantitative estimate of drug-likeness (QED) is 0.284. The van der Waals surface area contributed by atoms with E-state index >= 15 is 13.6 Å². The molecule has 2 fully saturated rings. The normalized spacial score (nSPS) is 34.1. The molecule has 1 saturated heterocycles. The summed E-state index contributed by atoms with van der Waals surface area (Å²) in [6.07, 6.45) is 5.57. The number of nitrogens with one attached hydrogen (secondary N) is 1. The van der Waals surface area contributed by atoms with Crippen molar-refractivity contribution in [2.45, 2.75) is 74.2 Å². The summed E-state index contributed by atoms with van der Waals surface area (Å²) < 4.78 is 48.3. The first-order valence-corrected chi connectivity index (χ1v) is 19.0. The van der Waals surface area contributed by atoms with E-state index in [1.165, 1.54) is 14.0 Å². The largest absolute Gasteiger partial charge is 0.496 e. The van der Waals surface area contributed by atoms with Crippen LogP contribution in [0.2, 0.25) is 0 Å². The van der Waals surface area contributed by atoms with Crippen molar-refractivity contribution >= 4 is 28.5 Å². The second-order valence-corrected chi connectivity index (χ2v) is 16.4. The number of hydrogen-bond acceptors (Lipinski definition) is 9. The number of hydrogen-bond donors (Lipinski definition) is 2. The summed E-state index contributed by atoms with van der Waals surface area (Å²) in [6.45, 7) is 5.05. The van der Waals surface area contributed by atoms with Crippen LogP contribution in [0.5, 0.6) is 5.75 Å². The number of aromatic nitrogens is 1. The molecule has 9 rings (SSSR count). The summed E-state index contributed by atoms with van der Waals surface area (Å²) >= 11 is 0. The van der Waals surface area contributed by atoms with Gasteiger partial charge in [0.15, 0.2) is 0 Å². The number of benzene rings is 2. The van der Waals surface area contributed by atoms with E-state index in [-0.39, 0.29) is 30.5 Å². The van der Waals surface area contributed by atoms with Crippen LogP contribution >= 0.6 is 0 Å². The second kappa shape index (κ2) is 12.4. The number of alkyl halides is 2. The van der Waals surface area contributed by atoms with E-state index in [0.717, 1.165) is 54.2 Å². The van der Waals surface area contributed by atoms with E-state index in [9.17, 15) is 9.90 Å². The van der Waals surface area contributed by atoms with Crippen LogP contribution in [0, 0.1) is 11.8 Å². The number of anilines is 1. The molecule has 4 unspecified atom stereocenters. The molecule has 286 valence electrons. The van der Waals surface area contributed by atoms with Crippen molar-refractivity contribution in [1.82, 2.24) is 14.8 Å². The minimum Gasteiger partial charge on any atom is -0.496 e. The van der Waals surface area contributed by atoms with Crippen LogP contribution in [-0.4, -0.2) is 116 Å². The summed E-state index contributed by atoms with van der Waals surface area (Å²) in [7, 11) is 4.93. The number of halogens is 2. The molecule has 3 aromatic rings. The molecule has 2 N–H and O–H groups in total. The molecule has 6 heterocycles. The summed E-state index contributed by atoms with van der Waals surface area (Å²) in [5.74, 6) is -4.17. The number of aromatic amines is 1. The van der Waals surface area contributed by atoms with Gasteiger partial charge in [0.05, 0.1) is 20.3 Å². The maximum absolute atomic E-state index is 15.1. The lowest BCUT2D eigenvalue weighted by atomic mass is 9.58. The Bertz CT molecular complexity index is 2110. The molecule has 1 aliphatic carbocycles. The van der Waals surface area contributed by atoms with Crippen LogP contribution in [0.25, 0.3) is 10.9 Å². The Balaban J connectivity index is 1.32. The Morgan fingerprint density at radius 2 is 1.89 bits per heavy atom. The van der Waals surface area contributed by atoms with Gasteiger partial charge in [0.1, 0.15) is 23.4 Å². The number of rotatable bonds is 5. The molecule has 2 bridgehead atoms. The summed E-state index contributed by atoms with van der Waals surface area (Å²) in [5, 5.41) is 13.2. The molecule has 1 aromatic heterocycles. The van der Waals surface area contributed by atoms with Gasteiger partial charge in [-0.2, -0.15) is 0 Å². The standard InChI is InChI=1S/C42H48F2N4O6/c1-23(49)54-35-28-10-8-14-48-16-13-41(37(28)48)29-18-30(33(52-4)19-32(29)46(3)38(41)34(35)50)42(39(51)53-5)20-24-17-25(40(2,43)44)22-47(21-24)15-12-27-26-9-6-7-11-31(26)45-36(27)42/h6-11,17-19,24,28,34-35,37-38,45,50H,12-16,20-22H2,1-5H3/t24?,28?,34-,35-,37?,38+,41-,42+/m1/s1. The number of carbonyl (C=O) groups is 2. The number of nitrogens with zero attached hydrogens (tertiary/aromatic N) is 3.